The number of esters is 2. The lowest BCUT2D eigenvalue weighted by molar-refractivity contribution is -0.136. The van der Waals surface area contributed by atoms with E-state index in [0.717, 1.165) is 22.4 Å². The number of carbonyl (C=O) groups is 3. The highest BCUT2D eigenvalue weighted by molar-refractivity contribution is 7.14. The van der Waals surface area contributed by atoms with Crippen LogP contribution in [0.3, 0.4) is 0 Å². The fourth-order valence-electron chi connectivity index (χ4n) is 4.68. The van der Waals surface area contributed by atoms with Crippen LogP contribution in [0.2, 0.25) is 0 Å². The second-order valence-electron chi connectivity index (χ2n) is 11.3. The predicted molar refractivity (Wildman–Crippen MR) is 161 cm³/mol. The summed E-state index contributed by atoms with van der Waals surface area (Å²) in [6.07, 6.45) is 0.0501. The molecule has 2 heterocycles. The van der Waals surface area contributed by atoms with Gasteiger partial charge in [0.2, 0.25) is 0 Å². The molecule has 1 aliphatic rings. The Hall–Kier alpha value is -3.66. The van der Waals surface area contributed by atoms with Crippen LogP contribution in [0.4, 0.5) is 9.93 Å². The molecule has 1 N–H and O–H groups in total. The molecule has 1 aromatic carbocycles. The number of carbonyl (C=O) groups excluding carboxylic acids is 3. The van der Waals surface area contributed by atoms with Crippen molar-refractivity contribution in [3.05, 3.63) is 63.3 Å². The van der Waals surface area contributed by atoms with E-state index in [-0.39, 0.29) is 24.8 Å². The number of anilines is 1. The van der Waals surface area contributed by atoms with Crippen LogP contribution in [0.5, 0.6) is 0 Å². The molecule has 1 unspecified atom stereocenters. The minimum atomic E-state index is -0.677. The number of aromatic nitrogens is 1. The number of thiazole rings is 1. The summed E-state index contributed by atoms with van der Waals surface area (Å²) in [6.45, 7) is 15.6. The molecular formula is C31H41N3O6S. The van der Waals surface area contributed by atoms with Gasteiger partial charge in [0.05, 0.1) is 25.3 Å². The number of ether oxygens (including phenoxy) is 3. The van der Waals surface area contributed by atoms with E-state index >= 15 is 0 Å². The van der Waals surface area contributed by atoms with Crippen molar-refractivity contribution in [3.8, 4) is 0 Å². The van der Waals surface area contributed by atoms with E-state index in [9.17, 15) is 14.4 Å². The molecule has 0 saturated carbocycles. The Labute approximate surface area is 246 Å². The minimum absolute atomic E-state index is 0.0972. The Bertz CT molecular complexity index is 1330. The summed E-state index contributed by atoms with van der Waals surface area (Å²) < 4.78 is 16.0. The van der Waals surface area contributed by atoms with Gasteiger partial charge in [0, 0.05) is 23.2 Å². The van der Waals surface area contributed by atoms with Crippen molar-refractivity contribution < 1.29 is 28.6 Å². The Morgan fingerprint density at radius 2 is 1.78 bits per heavy atom. The number of nitrogens with zero attached hydrogens (tertiary/aromatic N) is 2. The van der Waals surface area contributed by atoms with Gasteiger partial charge < -0.3 is 24.4 Å². The lowest BCUT2D eigenvalue weighted by Crippen LogP contribution is -2.43. The fraction of sp³-hybridized carbons (Fsp3) is 0.484. The average Bonchev–Trinajstić information content (AvgIpc) is 3.37. The van der Waals surface area contributed by atoms with Crippen LogP contribution in [-0.2, 0) is 19.0 Å². The van der Waals surface area contributed by atoms with E-state index in [1.54, 1.807) is 33.1 Å². The maximum absolute atomic E-state index is 13.5. The highest BCUT2D eigenvalue weighted by Crippen LogP contribution is 2.43. The van der Waals surface area contributed by atoms with Crippen molar-refractivity contribution in [2.75, 3.05) is 25.2 Å². The molecule has 41 heavy (non-hydrogen) atoms. The Kier molecular flexibility index (Phi) is 10.4. The predicted octanol–water partition coefficient (Wildman–Crippen LogP) is 6.29. The lowest BCUT2D eigenvalue weighted by atomic mass is 9.82. The normalized spacial score (nSPS) is 15.8. The van der Waals surface area contributed by atoms with E-state index < -0.39 is 29.7 Å². The number of benzene rings is 1. The molecule has 3 rings (SSSR count). The summed E-state index contributed by atoms with van der Waals surface area (Å²) in [5, 5.41) is 5.10. The van der Waals surface area contributed by atoms with Gasteiger partial charge in [0.25, 0.3) is 0 Å². The van der Waals surface area contributed by atoms with Crippen molar-refractivity contribution in [2.24, 2.45) is 5.92 Å². The largest absolute Gasteiger partial charge is 0.466 e. The molecule has 0 bridgehead atoms. The first kappa shape index (κ1) is 31.9. The molecular weight excluding hydrogens is 542 g/mol. The monoisotopic (exact) mass is 583 g/mol. The summed E-state index contributed by atoms with van der Waals surface area (Å²) in [5.41, 5.74) is 4.20. The van der Waals surface area contributed by atoms with Crippen LogP contribution in [0.15, 0.2) is 46.5 Å². The van der Waals surface area contributed by atoms with Crippen LogP contribution in [0.25, 0.3) is 5.57 Å². The standard InChI is InChI=1S/C31H41N3O6S/c1-10-39-27(35)23-17-41-29(33-23)34-20(5)25(28(36)38-9)26(21-13-11-19(4)12-14-21)22(24(34)15-18(2)3)16-32-30(37)40-31(6,7)8/h11-14,17-18,20H,10,15-16H2,1-9H3,(H,32,37). The van der Waals surface area contributed by atoms with Gasteiger partial charge in [0.1, 0.15) is 5.60 Å². The van der Waals surface area contributed by atoms with E-state index in [1.165, 1.54) is 18.4 Å². The molecule has 2 aromatic rings. The highest BCUT2D eigenvalue weighted by Gasteiger charge is 2.39. The van der Waals surface area contributed by atoms with Gasteiger partial charge in [0.15, 0.2) is 10.8 Å². The Balaban J connectivity index is 2.29. The second kappa shape index (κ2) is 13.3. The number of amides is 1. The fourth-order valence-corrected chi connectivity index (χ4v) is 5.58. The van der Waals surface area contributed by atoms with Crippen molar-refractivity contribution in [2.45, 2.75) is 73.5 Å². The molecule has 1 atom stereocenters. The zero-order chi connectivity index (χ0) is 30.5. The Morgan fingerprint density at radius 3 is 2.34 bits per heavy atom. The molecule has 1 amide bonds. The number of nitrogens with one attached hydrogen (secondary N) is 1. The number of rotatable bonds is 9. The smallest absolute Gasteiger partial charge is 0.407 e. The molecule has 0 aliphatic carbocycles. The maximum Gasteiger partial charge on any atom is 0.407 e. The van der Waals surface area contributed by atoms with Crippen LogP contribution < -0.4 is 10.2 Å². The topological polar surface area (TPSA) is 107 Å². The summed E-state index contributed by atoms with van der Waals surface area (Å²) in [4.78, 5) is 45.3. The van der Waals surface area contributed by atoms with E-state index in [0.29, 0.717) is 22.7 Å². The van der Waals surface area contributed by atoms with Crippen LogP contribution >= 0.6 is 11.3 Å². The van der Waals surface area contributed by atoms with Crippen LogP contribution in [0, 0.1) is 12.8 Å². The number of hydrogen-bond acceptors (Lipinski definition) is 9. The number of aryl methyl sites for hydroxylation is 1. The summed E-state index contributed by atoms with van der Waals surface area (Å²) >= 11 is 1.29. The molecule has 0 radical (unpaired) electrons. The van der Waals surface area contributed by atoms with Crippen molar-refractivity contribution in [1.82, 2.24) is 10.3 Å². The maximum atomic E-state index is 13.5. The van der Waals surface area contributed by atoms with E-state index in [1.807, 2.05) is 43.0 Å². The van der Waals surface area contributed by atoms with E-state index in [4.69, 9.17) is 14.2 Å². The third-order valence-electron chi connectivity index (χ3n) is 6.35. The van der Waals surface area contributed by atoms with Crippen molar-refractivity contribution >= 4 is 40.1 Å². The van der Waals surface area contributed by atoms with Gasteiger partial charge in [-0.25, -0.2) is 19.4 Å². The van der Waals surface area contributed by atoms with Gasteiger partial charge in [-0.2, -0.15) is 0 Å². The Morgan fingerprint density at radius 1 is 1.12 bits per heavy atom. The second-order valence-corrected chi connectivity index (χ2v) is 12.1. The van der Waals surface area contributed by atoms with E-state index in [2.05, 4.69) is 24.1 Å². The van der Waals surface area contributed by atoms with Crippen LogP contribution in [-0.4, -0.2) is 54.9 Å². The zero-order valence-electron chi connectivity index (χ0n) is 25.4. The molecule has 1 aliphatic heterocycles. The van der Waals surface area contributed by atoms with Gasteiger partial charge in [-0.1, -0.05) is 43.7 Å². The molecule has 222 valence electrons. The summed E-state index contributed by atoms with van der Waals surface area (Å²) in [6, 6.07) is 7.43. The first-order valence-corrected chi connectivity index (χ1v) is 14.7. The summed E-state index contributed by atoms with van der Waals surface area (Å²) in [5.74, 6) is -0.775. The zero-order valence-corrected chi connectivity index (χ0v) is 26.2. The SMILES string of the molecule is CCOC(=O)c1csc(N2C(CC(C)C)=C(CNC(=O)OC(C)(C)C)C(c3ccc(C)cc3)=C(C(=O)OC)C2C)n1. The molecule has 1 aromatic heterocycles. The number of allylic oxidation sites excluding steroid dienone is 1. The number of alkyl carbamates (subject to hydrolysis) is 1. The minimum Gasteiger partial charge on any atom is -0.466 e. The number of methoxy groups -OCH3 is 1. The highest BCUT2D eigenvalue weighted by atomic mass is 32.1. The van der Waals surface area contributed by atoms with Crippen LogP contribution in [0.1, 0.15) is 76.5 Å². The first-order valence-electron chi connectivity index (χ1n) is 13.8. The third-order valence-corrected chi connectivity index (χ3v) is 7.19. The summed E-state index contributed by atoms with van der Waals surface area (Å²) in [7, 11) is 1.35. The van der Waals surface area contributed by atoms with Gasteiger partial charge in [-0.3, -0.25) is 0 Å². The molecule has 9 nitrogen and oxygen atoms in total. The first-order chi connectivity index (χ1) is 19.3. The van der Waals surface area contributed by atoms with Gasteiger partial charge in [-0.05, 0) is 65.0 Å². The molecule has 0 saturated heterocycles. The van der Waals surface area contributed by atoms with Gasteiger partial charge >= 0.3 is 18.0 Å². The van der Waals surface area contributed by atoms with Gasteiger partial charge in [-0.15, -0.1) is 11.3 Å². The number of hydrogen-bond donors (Lipinski definition) is 1. The average molecular weight is 584 g/mol. The molecule has 0 fully saturated rings. The molecule has 0 spiro atoms. The van der Waals surface area contributed by atoms with Crippen molar-refractivity contribution in [1.29, 1.82) is 0 Å². The molecule has 10 heteroatoms. The third kappa shape index (κ3) is 7.75. The van der Waals surface area contributed by atoms with Crippen molar-refractivity contribution in [3.63, 3.8) is 0 Å². The lowest BCUT2D eigenvalue weighted by Gasteiger charge is -2.40. The quantitative estimate of drug-likeness (QED) is 0.271.